The molecule has 1 heterocycles. The second-order valence-corrected chi connectivity index (χ2v) is 7.20. The number of aryl methyl sites for hydroxylation is 1. The molecule has 0 saturated carbocycles. The lowest BCUT2D eigenvalue weighted by molar-refractivity contribution is 0.0999. The van der Waals surface area contributed by atoms with Crippen molar-refractivity contribution < 1.29 is 14.0 Å². The first-order chi connectivity index (χ1) is 14.5. The van der Waals surface area contributed by atoms with Gasteiger partial charge >= 0.3 is 0 Å². The number of halogens is 1. The number of para-hydroxylation sites is 1. The van der Waals surface area contributed by atoms with Crippen LogP contribution in [0.2, 0.25) is 5.02 Å². The van der Waals surface area contributed by atoms with Crippen LogP contribution in [0.25, 0.3) is 11.0 Å². The molecule has 3 aromatic carbocycles. The van der Waals surface area contributed by atoms with Gasteiger partial charge < -0.3 is 15.1 Å². The van der Waals surface area contributed by atoms with Gasteiger partial charge in [-0.15, -0.1) is 0 Å². The van der Waals surface area contributed by atoms with Gasteiger partial charge in [-0.3, -0.25) is 9.59 Å². The Hall–Kier alpha value is -3.57. The highest BCUT2D eigenvalue weighted by Gasteiger charge is 2.23. The summed E-state index contributed by atoms with van der Waals surface area (Å²) in [7, 11) is 0. The van der Waals surface area contributed by atoms with E-state index in [1.54, 1.807) is 36.4 Å². The SMILES string of the molecule is CCc1ccc(NC(=O)c2oc3ccccc3c2NC(=O)c2ccc(Cl)cc2)cc1. The van der Waals surface area contributed by atoms with Crippen LogP contribution in [0.1, 0.15) is 33.4 Å². The molecule has 30 heavy (non-hydrogen) atoms. The molecular weight excluding hydrogens is 400 g/mol. The van der Waals surface area contributed by atoms with Crippen LogP contribution in [0.15, 0.2) is 77.2 Å². The molecule has 0 spiro atoms. The molecule has 0 fully saturated rings. The second-order valence-electron chi connectivity index (χ2n) is 6.77. The Bertz CT molecular complexity index is 1210. The molecule has 0 saturated heterocycles. The summed E-state index contributed by atoms with van der Waals surface area (Å²) in [6, 6.07) is 21.3. The molecule has 5 nitrogen and oxygen atoms in total. The number of benzene rings is 3. The van der Waals surface area contributed by atoms with Crippen molar-refractivity contribution >= 4 is 45.8 Å². The second kappa shape index (κ2) is 8.43. The standard InChI is InChI=1S/C24H19ClN2O3/c1-2-15-7-13-18(14-8-15)26-24(29)22-21(19-5-3-4-6-20(19)30-22)27-23(28)16-9-11-17(25)12-10-16/h3-14H,2H2,1H3,(H,26,29)(H,27,28). The zero-order chi connectivity index (χ0) is 21.1. The van der Waals surface area contributed by atoms with E-state index in [2.05, 4.69) is 17.6 Å². The maximum Gasteiger partial charge on any atom is 0.293 e. The number of hydrogen-bond donors (Lipinski definition) is 2. The van der Waals surface area contributed by atoms with E-state index in [4.69, 9.17) is 16.0 Å². The lowest BCUT2D eigenvalue weighted by atomic mass is 10.1. The molecule has 0 aliphatic carbocycles. The topological polar surface area (TPSA) is 71.3 Å². The number of carbonyl (C=O) groups is 2. The summed E-state index contributed by atoms with van der Waals surface area (Å²) in [6.07, 6.45) is 0.915. The third kappa shape index (κ3) is 4.07. The molecule has 2 N–H and O–H groups in total. The minimum absolute atomic E-state index is 0.0399. The van der Waals surface area contributed by atoms with E-state index >= 15 is 0 Å². The van der Waals surface area contributed by atoms with Crippen LogP contribution in [-0.4, -0.2) is 11.8 Å². The summed E-state index contributed by atoms with van der Waals surface area (Å²) in [5.41, 5.74) is 3.08. The van der Waals surface area contributed by atoms with E-state index < -0.39 is 5.91 Å². The minimum Gasteiger partial charge on any atom is -0.449 e. The first kappa shape index (κ1) is 19.7. The Labute approximate surface area is 178 Å². The fourth-order valence-corrected chi connectivity index (χ4v) is 3.25. The molecule has 1 aromatic heterocycles. The fourth-order valence-electron chi connectivity index (χ4n) is 3.13. The summed E-state index contributed by atoms with van der Waals surface area (Å²) in [5.74, 6) is -0.764. The van der Waals surface area contributed by atoms with Gasteiger partial charge in [0.25, 0.3) is 11.8 Å². The lowest BCUT2D eigenvalue weighted by Gasteiger charge is -2.08. The number of hydrogen-bond acceptors (Lipinski definition) is 3. The molecule has 0 aliphatic heterocycles. The number of fused-ring (bicyclic) bond motifs is 1. The minimum atomic E-state index is -0.443. The van der Waals surface area contributed by atoms with Crippen molar-refractivity contribution in [2.24, 2.45) is 0 Å². The van der Waals surface area contributed by atoms with Crippen LogP contribution in [0.5, 0.6) is 0 Å². The van der Waals surface area contributed by atoms with Gasteiger partial charge in [0, 0.05) is 21.7 Å². The third-order valence-corrected chi connectivity index (χ3v) is 5.02. The van der Waals surface area contributed by atoms with Crippen LogP contribution >= 0.6 is 11.6 Å². The van der Waals surface area contributed by atoms with E-state index in [0.29, 0.717) is 32.9 Å². The number of nitrogens with one attached hydrogen (secondary N) is 2. The number of furan rings is 1. The van der Waals surface area contributed by atoms with Crippen molar-refractivity contribution in [2.45, 2.75) is 13.3 Å². The lowest BCUT2D eigenvalue weighted by Crippen LogP contribution is -2.17. The van der Waals surface area contributed by atoms with Crippen molar-refractivity contribution in [1.29, 1.82) is 0 Å². The van der Waals surface area contributed by atoms with Crippen molar-refractivity contribution in [1.82, 2.24) is 0 Å². The molecule has 6 heteroatoms. The summed E-state index contributed by atoms with van der Waals surface area (Å²) >= 11 is 5.90. The number of carbonyl (C=O) groups excluding carboxylic acids is 2. The molecule has 0 bridgehead atoms. The molecule has 0 atom stereocenters. The highest BCUT2D eigenvalue weighted by Crippen LogP contribution is 2.32. The fraction of sp³-hybridized carbons (Fsp3) is 0.0833. The number of amides is 2. The molecule has 2 amide bonds. The maximum absolute atomic E-state index is 12.9. The van der Waals surface area contributed by atoms with Gasteiger partial charge in [-0.2, -0.15) is 0 Å². The summed E-state index contributed by atoms with van der Waals surface area (Å²) < 4.78 is 5.79. The zero-order valence-electron chi connectivity index (χ0n) is 16.2. The highest BCUT2D eigenvalue weighted by molar-refractivity contribution is 6.30. The van der Waals surface area contributed by atoms with Crippen molar-refractivity contribution in [3.8, 4) is 0 Å². The molecule has 0 aliphatic rings. The Morgan fingerprint density at radius 3 is 2.27 bits per heavy atom. The van der Waals surface area contributed by atoms with E-state index in [9.17, 15) is 9.59 Å². The largest absolute Gasteiger partial charge is 0.449 e. The predicted octanol–water partition coefficient (Wildman–Crippen LogP) is 6.15. The highest BCUT2D eigenvalue weighted by atomic mass is 35.5. The van der Waals surface area contributed by atoms with Gasteiger partial charge in [0.15, 0.2) is 0 Å². The van der Waals surface area contributed by atoms with E-state index in [0.717, 1.165) is 6.42 Å². The average molecular weight is 419 g/mol. The smallest absolute Gasteiger partial charge is 0.293 e. The number of anilines is 2. The first-order valence-electron chi connectivity index (χ1n) is 9.54. The molecular formula is C24H19ClN2O3. The molecule has 150 valence electrons. The van der Waals surface area contributed by atoms with Gasteiger partial charge in [-0.05, 0) is 60.5 Å². The van der Waals surface area contributed by atoms with Gasteiger partial charge in [0.1, 0.15) is 11.3 Å². The Balaban J connectivity index is 1.66. The van der Waals surface area contributed by atoms with Gasteiger partial charge in [0.05, 0.1) is 0 Å². The predicted molar refractivity (Wildman–Crippen MR) is 119 cm³/mol. The van der Waals surface area contributed by atoms with Crippen LogP contribution in [0, 0.1) is 0 Å². The van der Waals surface area contributed by atoms with E-state index in [1.807, 2.05) is 36.4 Å². The summed E-state index contributed by atoms with van der Waals surface area (Å²) in [6.45, 7) is 2.07. The summed E-state index contributed by atoms with van der Waals surface area (Å²) in [4.78, 5) is 25.7. The van der Waals surface area contributed by atoms with Gasteiger partial charge in [-0.25, -0.2) is 0 Å². The first-order valence-corrected chi connectivity index (χ1v) is 9.91. The normalized spacial score (nSPS) is 10.7. The van der Waals surface area contributed by atoms with Crippen molar-refractivity contribution in [3.63, 3.8) is 0 Å². The zero-order valence-corrected chi connectivity index (χ0v) is 17.0. The van der Waals surface area contributed by atoms with E-state index in [-0.39, 0.29) is 11.7 Å². The van der Waals surface area contributed by atoms with Crippen LogP contribution in [0.4, 0.5) is 11.4 Å². The number of rotatable bonds is 5. The van der Waals surface area contributed by atoms with Crippen LogP contribution in [0.3, 0.4) is 0 Å². The average Bonchev–Trinajstić information content (AvgIpc) is 3.13. The molecule has 0 unspecified atom stereocenters. The van der Waals surface area contributed by atoms with E-state index in [1.165, 1.54) is 5.56 Å². The molecule has 4 rings (SSSR count). The van der Waals surface area contributed by atoms with Crippen LogP contribution in [-0.2, 0) is 6.42 Å². The van der Waals surface area contributed by atoms with Gasteiger partial charge in [-0.1, -0.05) is 42.8 Å². The Morgan fingerprint density at radius 2 is 1.57 bits per heavy atom. The Morgan fingerprint density at radius 1 is 0.867 bits per heavy atom. The third-order valence-electron chi connectivity index (χ3n) is 4.77. The summed E-state index contributed by atoms with van der Waals surface area (Å²) in [5, 5.41) is 6.83. The van der Waals surface area contributed by atoms with Crippen molar-refractivity contribution in [2.75, 3.05) is 10.6 Å². The van der Waals surface area contributed by atoms with Gasteiger partial charge in [0.2, 0.25) is 5.76 Å². The maximum atomic E-state index is 12.9. The molecule has 0 radical (unpaired) electrons. The monoisotopic (exact) mass is 418 g/mol. The quantitative estimate of drug-likeness (QED) is 0.408. The van der Waals surface area contributed by atoms with Crippen LogP contribution < -0.4 is 10.6 Å². The van der Waals surface area contributed by atoms with Crippen molar-refractivity contribution in [3.05, 3.63) is 94.7 Å². The molecule has 4 aromatic rings. The Kier molecular flexibility index (Phi) is 5.55.